The Morgan fingerprint density at radius 3 is 1.52 bits per heavy atom. The fourth-order valence-electron chi connectivity index (χ4n) is 3.84. The van der Waals surface area contributed by atoms with Gasteiger partial charge in [0.1, 0.15) is 19.3 Å². The van der Waals surface area contributed by atoms with E-state index in [9.17, 15) is 9.90 Å². The minimum absolute atomic E-state index is 0.103. The number of rotatable bonds is 3. The first-order valence-electron chi connectivity index (χ1n) is 14.4. The Morgan fingerprint density at radius 1 is 0.595 bits per heavy atom. The van der Waals surface area contributed by atoms with Gasteiger partial charge in [-0.2, -0.15) is 0 Å². The van der Waals surface area contributed by atoms with Crippen LogP contribution in [0.2, 0.25) is 0 Å². The van der Waals surface area contributed by atoms with Crippen LogP contribution in [0.15, 0.2) is 18.2 Å². The number of carbonyl (C=O) groups excluding carboxylic acids is 1. The monoisotopic (exact) mass is 603 g/mol. The van der Waals surface area contributed by atoms with E-state index in [2.05, 4.69) is 5.32 Å². The lowest BCUT2D eigenvalue weighted by atomic mass is 10.2. The molecule has 2 N–H and O–H groups in total. The molecular formula is C28H45NO13. The van der Waals surface area contributed by atoms with Crippen LogP contribution in [-0.4, -0.2) is 149 Å². The highest BCUT2D eigenvalue weighted by molar-refractivity contribution is 5.95. The Kier molecular flexibility index (Phi) is 18.4. The van der Waals surface area contributed by atoms with Gasteiger partial charge in [0, 0.05) is 11.8 Å². The van der Waals surface area contributed by atoms with Gasteiger partial charge in [-0.1, -0.05) is 0 Å². The highest BCUT2D eigenvalue weighted by Gasteiger charge is 2.30. The van der Waals surface area contributed by atoms with Gasteiger partial charge in [-0.15, -0.1) is 0 Å². The maximum atomic E-state index is 13.4. The number of anilines is 1. The summed E-state index contributed by atoms with van der Waals surface area (Å²) in [6, 6.07) is 5.05. The number of carbonyl (C=O) groups is 1. The molecule has 1 aromatic carbocycles. The maximum absolute atomic E-state index is 13.4. The van der Waals surface area contributed by atoms with Crippen molar-refractivity contribution in [3.63, 3.8) is 0 Å². The van der Waals surface area contributed by atoms with E-state index in [0.717, 1.165) is 0 Å². The van der Waals surface area contributed by atoms with Crippen molar-refractivity contribution >= 4 is 11.6 Å². The van der Waals surface area contributed by atoms with Gasteiger partial charge in [-0.25, -0.2) is 0 Å². The first kappa shape index (κ1) is 34.4. The van der Waals surface area contributed by atoms with Crippen molar-refractivity contribution in [2.75, 3.05) is 131 Å². The molecule has 0 aromatic heterocycles. The molecule has 0 bridgehead atoms. The van der Waals surface area contributed by atoms with Crippen molar-refractivity contribution in [3.8, 4) is 11.5 Å². The van der Waals surface area contributed by atoms with Crippen LogP contribution in [0.5, 0.6) is 11.5 Å². The Labute approximate surface area is 246 Å². The van der Waals surface area contributed by atoms with Gasteiger partial charge in [0.15, 0.2) is 17.6 Å². The fraction of sp³-hybridized carbons (Fsp3) is 0.750. The van der Waals surface area contributed by atoms with E-state index in [1.54, 1.807) is 18.2 Å². The van der Waals surface area contributed by atoms with Gasteiger partial charge in [0.05, 0.1) is 112 Å². The van der Waals surface area contributed by atoms with Crippen LogP contribution in [-0.2, 0) is 47.4 Å². The zero-order valence-electron chi connectivity index (χ0n) is 24.2. The largest absolute Gasteiger partial charge is 0.487 e. The number of ether oxygens (including phenoxy) is 11. The molecule has 0 unspecified atom stereocenters. The van der Waals surface area contributed by atoms with Crippen molar-refractivity contribution in [1.82, 2.24) is 0 Å². The van der Waals surface area contributed by atoms with Crippen LogP contribution in [0, 0.1) is 0 Å². The number of aliphatic hydroxyl groups excluding tert-OH is 1. The highest BCUT2D eigenvalue weighted by Crippen LogP contribution is 2.31. The van der Waals surface area contributed by atoms with Gasteiger partial charge in [0.2, 0.25) is 0 Å². The first-order valence-corrected chi connectivity index (χ1v) is 14.4. The second kappa shape index (κ2) is 22.4. The Balaban J connectivity index is 1.63. The Hall–Kier alpha value is -2.11. The molecule has 0 saturated carbocycles. The average molecular weight is 604 g/mol. The molecule has 3 rings (SSSR count). The van der Waals surface area contributed by atoms with Gasteiger partial charge < -0.3 is 62.5 Å². The zero-order chi connectivity index (χ0) is 29.5. The summed E-state index contributed by atoms with van der Waals surface area (Å²) in [4.78, 5) is 13.4. The summed E-state index contributed by atoms with van der Waals surface area (Å²) in [5.41, 5.74) is 0.447. The molecule has 0 aliphatic carbocycles. The third kappa shape index (κ3) is 14.4. The minimum Gasteiger partial charge on any atom is -0.487 e. The van der Waals surface area contributed by atoms with Crippen molar-refractivity contribution in [2.24, 2.45) is 0 Å². The zero-order valence-corrected chi connectivity index (χ0v) is 24.2. The van der Waals surface area contributed by atoms with E-state index in [1.807, 2.05) is 0 Å². The lowest BCUT2D eigenvalue weighted by Gasteiger charge is -2.25. The molecule has 14 heteroatoms. The molecule has 1 amide bonds. The quantitative estimate of drug-likeness (QED) is 0.488. The number of amides is 1. The second-order valence-electron chi connectivity index (χ2n) is 9.02. The van der Waals surface area contributed by atoms with Crippen molar-refractivity contribution in [3.05, 3.63) is 18.2 Å². The molecule has 0 radical (unpaired) electrons. The third-order valence-electron chi connectivity index (χ3n) is 5.90. The molecule has 2 atom stereocenters. The lowest BCUT2D eigenvalue weighted by molar-refractivity contribution is -0.147. The highest BCUT2D eigenvalue weighted by atomic mass is 16.6. The van der Waals surface area contributed by atoms with Crippen molar-refractivity contribution in [2.45, 2.75) is 12.2 Å². The lowest BCUT2D eigenvalue weighted by Crippen LogP contribution is -2.45. The van der Waals surface area contributed by atoms with Crippen LogP contribution in [0.25, 0.3) is 0 Å². The second-order valence-corrected chi connectivity index (χ2v) is 9.02. The van der Waals surface area contributed by atoms with Crippen molar-refractivity contribution < 1.29 is 62.0 Å². The van der Waals surface area contributed by atoms with E-state index < -0.39 is 24.7 Å². The Bertz CT molecular complexity index is 846. The summed E-state index contributed by atoms with van der Waals surface area (Å²) < 4.78 is 61.7. The van der Waals surface area contributed by atoms with Crippen LogP contribution in [0.4, 0.5) is 5.69 Å². The molecular weight excluding hydrogens is 558 g/mol. The predicted molar refractivity (Wildman–Crippen MR) is 148 cm³/mol. The predicted octanol–water partition coefficient (Wildman–Crippen LogP) is 0.289. The number of nitrogens with one attached hydrogen (secondary N) is 1. The maximum Gasteiger partial charge on any atom is 0.256 e. The SMILES string of the molecule is O=C(Nc1ccc2c(c1)OCCOCCOCCOCCO2)[C@@H]1OCCOCCOCCOCCOCCO[C@H]1CO. The number of benzene rings is 1. The standard InChI is InChI=1S/C28H45NO13/c30-22-26-27(42-20-16-38-12-8-33-4-3-32-7-11-37-15-19-41-26)28(31)29-23-1-2-24-25(21-23)40-18-14-36-10-6-34-5-9-35-13-17-39-24/h1-2,21,26-27,30H,3-20,22H2,(H,29,31)/t26-,27+/m0/s1. The van der Waals surface area contributed by atoms with Crippen LogP contribution < -0.4 is 14.8 Å². The average Bonchev–Trinajstić information content (AvgIpc) is 3.00. The molecule has 1 aromatic rings. The fourth-order valence-corrected chi connectivity index (χ4v) is 3.84. The van der Waals surface area contributed by atoms with Gasteiger partial charge in [0.25, 0.3) is 5.91 Å². The molecule has 0 spiro atoms. The van der Waals surface area contributed by atoms with Crippen molar-refractivity contribution in [1.29, 1.82) is 0 Å². The smallest absolute Gasteiger partial charge is 0.256 e. The first-order chi connectivity index (χ1) is 20.8. The molecule has 2 heterocycles. The van der Waals surface area contributed by atoms with Gasteiger partial charge >= 0.3 is 0 Å². The van der Waals surface area contributed by atoms with E-state index >= 15 is 0 Å². The molecule has 2 aliphatic heterocycles. The molecule has 14 nitrogen and oxygen atoms in total. The summed E-state index contributed by atoms with van der Waals surface area (Å²) in [6.07, 6.45) is -2.06. The molecule has 1 saturated heterocycles. The molecule has 1 fully saturated rings. The number of fused-ring (bicyclic) bond motifs is 1. The van der Waals surface area contributed by atoms with E-state index in [0.29, 0.717) is 103 Å². The molecule has 42 heavy (non-hydrogen) atoms. The van der Waals surface area contributed by atoms with Crippen LogP contribution >= 0.6 is 0 Å². The number of aliphatic hydroxyl groups is 1. The normalized spacial score (nSPS) is 24.2. The summed E-state index contributed by atoms with van der Waals surface area (Å²) >= 11 is 0. The number of hydrogen-bond donors (Lipinski definition) is 2. The topological polar surface area (TPSA) is 151 Å². The molecule has 240 valence electrons. The third-order valence-corrected chi connectivity index (χ3v) is 5.90. The van der Waals surface area contributed by atoms with Crippen LogP contribution in [0.1, 0.15) is 0 Å². The summed E-state index contributed by atoms with van der Waals surface area (Å²) in [6.45, 7) is 5.99. The van der Waals surface area contributed by atoms with Gasteiger partial charge in [-0.3, -0.25) is 4.79 Å². The van der Waals surface area contributed by atoms with Crippen LogP contribution in [0.3, 0.4) is 0 Å². The minimum atomic E-state index is -1.13. The van der Waals surface area contributed by atoms with Gasteiger partial charge in [-0.05, 0) is 12.1 Å². The molecule has 2 aliphatic rings. The number of hydrogen-bond acceptors (Lipinski definition) is 13. The summed E-state index contributed by atoms with van der Waals surface area (Å²) in [5, 5.41) is 12.9. The van der Waals surface area contributed by atoms with E-state index in [1.165, 1.54) is 0 Å². The Morgan fingerprint density at radius 2 is 1.02 bits per heavy atom. The van der Waals surface area contributed by atoms with E-state index in [4.69, 9.17) is 52.1 Å². The summed E-state index contributed by atoms with van der Waals surface area (Å²) in [7, 11) is 0. The summed E-state index contributed by atoms with van der Waals surface area (Å²) in [5.74, 6) is 0.425. The van der Waals surface area contributed by atoms with E-state index in [-0.39, 0.29) is 33.0 Å².